The summed E-state index contributed by atoms with van der Waals surface area (Å²) in [7, 11) is 0. The molecular formula is C23H17NO3. The van der Waals surface area contributed by atoms with E-state index < -0.39 is 5.97 Å². The minimum Gasteiger partial charge on any atom is -0.457 e. The Balaban J connectivity index is 1.48. The Bertz CT molecular complexity index is 1080. The third-order valence-electron chi connectivity index (χ3n) is 4.11. The number of hydrogen-bond donors (Lipinski definition) is 0. The van der Waals surface area contributed by atoms with E-state index in [1.165, 1.54) is 0 Å². The Morgan fingerprint density at radius 3 is 2.41 bits per heavy atom. The van der Waals surface area contributed by atoms with Crippen molar-refractivity contribution in [1.82, 2.24) is 4.98 Å². The molecule has 0 aliphatic carbocycles. The van der Waals surface area contributed by atoms with Gasteiger partial charge < -0.3 is 9.47 Å². The van der Waals surface area contributed by atoms with Crippen LogP contribution in [0, 0.1) is 0 Å². The van der Waals surface area contributed by atoms with E-state index in [4.69, 9.17) is 9.47 Å². The monoisotopic (exact) mass is 355 g/mol. The molecule has 4 rings (SSSR count). The quantitative estimate of drug-likeness (QED) is 0.451. The van der Waals surface area contributed by atoms with E-state index in [2.05, 4.69) is 4.98 Å². The van der Waals surface area contributed by atoms with Gasteiger partial charge in [-0.3, -0.25) is 0 Å². The zero-order valence-electron chi connectivity index (χ0n) is 14.5. The summed E-state index contributed by atoms with van der Waals surface area (Å²) in [5.41, 5.74) is 1.84. The minimum absolute atomic E-state index is 0.107. The van der Waals surface area contributed by atoms with Crippen LogP contribution in [-0.4, -0.2) is 11.0 Å². The second kappa shape index (κ2) is 7.70. The van der Waals surface area contributed by atoms with Crippen LogP contribution in [0.5, 0.6) is 11.5 Å². The lowest BCUT2D eigenvalue weighted by molar-refractivity contribution is 0.0464. The van der Waals surface area contributed by atoms with Crippen LogP contribution in [0.4, 0.5) is 0 Å². The number of rotatable bonds is 5. The number of hydrogen-bond acceptors (Lipinski definition) is 4. The highest BCUT2D eigenvalue weighted by atomic mass is 16.5. The Hall–Kier alpha value is -3.66. The molecule has 27 heavy (non-hydrogen) atoms. The summed E-state index contributed by atoms with van der Waals surface area (Å²) in [5.74, 6) is 0.922. The molecule has 0 amide bonds. The highest BCUT2D eigenvalue weighted by molar-refractivity contribution is 5.91. The first-order valence-corrected chi connectivity index (χ1v) is 8.63. The van der Waals surface area contributed by atoms with Gasteiger partial charge >= 0.3 is 5.97 Å². The number of nitrogens with zero attached hydrogens (tertiary/aromatic N) is 1. The normalized spacial score (nSPS) is 10.5. The number of carbonyl (C=O) groups excluding carboxylic acids is 1. The van der Waals surface area contributed by atoms with Gasteiger partial charge in [-0.15, -0.1) is 0 Å². The number of pyridine rings is 1. The summed E-state index contributed by atoms with van der Waals surface area (Å²) in [4.78, 5) is 16.8. The van der Waals surface area contributed by atoms with Crippen LogP contribution in [0.25, 0.3) is 10.9 Å². The lowest BCUT2D eigenvalue weighted by atomic mass is 10.2. The number of carbonyl (C=O) groups is 1. The third-order valence-corrected chi connectivity index (χ3v) is 4.11. The van der Waals surface area contributed by atoms with Crippen molar-refractivity contribution in [3.05, 3.63) is 102 Å². The van der Waals surface area contributed by atoms with Gasteiger partial charge in [0.1, 0.15) is 23.8 Å². The maximum absolute atomic E-state index is 12.4. The molecule has 4 aromatic rings. The molecular weight excluding hydrogens is 338 g/mol. The summed E-state index contributed by atoms with van der Waals surface area (Å²) < 4.78 is 11.4. The average Bonchev–Trinajstić information content (AvgIpc) is 2.73. The number of esters is 1. The third kappa shape index (κ3) is 3.96. The molecule has 4 heteroatoms. The number of benzene rings is 3. The summed E-state index contributed by atoms with van der Waals surface area (Å²) in [5, 5.41) is 0.982. The number of aromatic nitrogens is 1. The molecule has 4 nitrogen and oxygen atoms in total. The first-order chi connectivity index (χ1) is 13.3. The lowest BCUT2D eigenvalue weighted by Crippen LogP contribution is -2.08. The zero-order valence-corrected chi connectivity index (χ0v) is 14.5. The Labute approximate surface area is 157 Å². The van der Waals surface area contributed by atoms with E-state index in [0.717, 1.165) is 22.2 Å². The van der Waals surface area contributed by atoms with E-state index in [1.54, 1.807) is 6.07 Å². The van der Waals surface area contributed by atoms with Gasteiger partial charge in [0.2, 0.25) is 0 Å². The van der Waals surface area contributed by atoms with Crippen LogP contribution in [0.3, 0.4) is 0 Å². The number of para-hydroxylation sites is 3. The van der Waals surface area contributed by atoms with Gasteiger partial charge in [-0.1, -0.05) is 60.7 Å². The van der Waals surface area contributed by atoms with E-state index in [0.29, 0.717) is 5.75 Å². The molecule has 0 fully saturated rings. The van der Waals surface area contributed by atoms with Crippen molar-refractivity contribution >= 4 is 16.9 Å². The topological polar surface area (TPSA) is 48.4 Å². The fourth-order valence-corrected chi connectivity index (χ4v) is 2.74. The highest BCUT2D eigenvalue weighted by Gasteiger charge is 2.12. The fraction of sp³-hybridized carbons (Fsp3) is 0.0435. The number of ether oxygens (including phenoxy) is 2. The van der Waals surface area contributed by atoms with Gasteiger partial charge in [-0.05, 0) is 30.3 Å². The van der Waals surface area contributed by atoms with Gasteiger partial charge in [0, 0.05) is 10.9 Å². The van der Waals surface area contributed by atoms with Crippen LogP contribution in [-0.2, 0) is 11.3 Å². The Kier molecular flexibility index (Phi) is 4.79. The maximum Gasteiger partial charge on any atom is 0.357 e. The minimum atomic E-state index is -0.463. The van der Waals surface area contributed by atoms with E-state index >= 15 is 0 Å². The van der Waals surface area contributed by atoms with Crippen molar-refractivity contribution in [2.75, 3.05) is 0 Å². The molecule has 132 valence electrons. The molecule has 0 aliphatic heterocycles. The van der Waals surface area contributed by atoms with Gasteiger partial charge in [-0.2, -0.15) is 0 Å². The van der Waals surface area contributed by atoms with Crippen LogP contribution in [0.15, 0.2) is 91.0 Å². The van der Waals surface area contributed by atoms with Crippen LogP contribution in [0.1, 0.15) is 16.1 Å². The van der Waals surface area contributed by atoms with Crippen molar-refractivity contribution in [2.24, 2.45) is 0 Å². The molecule has 0 bridgehead atoms. The average molecular weight is 355 g/mol. The van der Waals surface area contributed by atoms with E-state index in [9.17, 15) is 4.79 Å². The Morgan fingerprint density at radius 2 is 1.52 bits per heavy atom. The molecule has 0 atom stereocenters. The largest absolute Gasteiger partial charge is 0.457 e. The molecule has 0 saturated heterocycles. The second-order valence-corrected chi connectivity index (χ2v) is 5.99. The highest BCUT2D eigenvalue weighted by Crippen LogP contribution is 2.25. The van der Waals surface area contributed by atoms with Gasteiger partial charge in [0.25, 0.3) is 0 Å². The van der Waals surface area contributed by atoms with Crippen LogP contribution >= 0.6 is 0 Å². The molecule has 0 aliphatic rings. The van der Waals surface area contributed by atoms with E-state index in [1.807, 2.05) is 84.9 Å². The Morgan fingerprint density at radius 1 is 0.778 bits per heavy atom. The summed E-state index contributed by atoms with van der Waals surface area (Å²) >= 11 is 0. The summed E-state index contributed by atoms with van der Waals surface area (Å²) in [6.45, 7) is 0.107. The molecule has 0 spiro atoms. The van der Waals surface area contributed by atoms with Crippen molar-refractivity contribution in [2.45, 2.75) is 6.61 Å². The van der Waals surface area contributed by atoms with Gasteiger partial charge in [0.05, 0.1) is 5.52 Å². The lowest BCUT2D eigenvalue weighted by Gasteiger charge is -2.11. The SMILES string of the molecule is O=C(OCc1ccccc1Oc1ccccc1)c1ccc2ccccc2n1. The fourth-order valence-electron chi connectivity index (χ4n) is 2.74. The molecule has 0 radical (unpaired) electrons. The summed E-state index contributed by atoms with van der Waals surface area (Å²) in [6, 6.07) is 28.2. The van der Waals surface area contributed by atoms with Crippen molar-refractivity contribution < 1.29 is 14.3 Å². The molecule has 3 aromatic carbocycles. The summed E-state index contributed by atoms with van der Waals surface area (Å²) in [6.07, 6.45) is 0. The first kappa shape index (κ1) is 16.8. The molecule has 0 N–H and O–H groups in total. The van der Waals surface area contributed by atoms with Crippen molar-refractivity contribution in [1.29, 1.82) is 0 Å². The molecule has 0 unspecified atom stereocenters. The second-order valence-electron chi connectivity index (χ2n) is 5.99. The molecule has 0 saturated carbocycles. The maximum atomic E-state index is 12.4. The predicted molar refractivity (Wildman–Crippen MR) is 104 cm³/mol. The van der Waals surface area contributed by atoms with Crippen molar-refractivity contribution in [3.63, 3.8) is 0 Å². The van der Waals surface area contributed by atoms with Gasteiger partial charge in [0.15, 0.2) is 0 Å². The molecule has 1 aromatic heterocycles. The molecule has 1 heterocycles. The van der Waals surface area contributed by atoms with Gasteiger partial charge in [-0.25, -0.2) is 9.78 Å². The predicted octanol–water partition coefficient (Wildman–Crippen LogP) is 5.38. The standard InChI is InChI=1S/C23H17NO3/c25-23(21-15-14-17-8-4-6-12-20(17)24-21)26-16-18-9-5-7-13-22(18)27-19-10-2-1-3-11-19/h1-15H,16H2. The van der Waals surface area contributed by atoms with E-state index in [-0.39, 0.29) is 12.3 Å². The first-order valence-electron chi connectivity index (χ1n) is 8.63. The number of fused-ring (bicyclic) bond motifs is 1. The smallest absolute Gasteiger partial charge is 0.357 e. The zero-order chi connectivity index (χ0) is 18.5. The van der Waals surface area contributed by atoms with Crippen LogP contribution < -0.4 is 4.74 Å². The van der Waals surface area contributed by atoms with Crippen molar-refractivity contribution in [3.8, 4) is 11.5 Å². The van der Waals surface area contributed by atoms with Crippen LogP contribution in [0.2, 0.25) is 0 Å².